The Labute approximate surface area is 73.7 Å². The van der Waals surface area contributed by atoms with E-state index in [0.717, 1.165) is 0 Å². The van der Waals surface area contributed by atoms with Gasteiger partial charge in [-0.2, -0.15) is 4.39 Å². The average molecular weight is 194 g/mol. The highest BCUT2D eigenvalue weighted by Gasteiger charge is 2.24. The monoisotopic (exact) mass is 193 g/mol. The minimum absolute atomic E-state index is 0.167. The van der Waals surface area contributed by atoms with Gasteiger partial charge in [-0.15, -0.1) is 0 Å². The molecule has 1 aromatic carbocycles. The quantitative estimate of drug-likeness (QED) is 0.657. The number of ether oxygens (including phenoxy) is 1. The highest BCUT2D eigenvalue weighted by Crippen LogP contribution is 2.26. The van der Waals surface area contributed by atoms with Crippen LogP contribution in [0.25, 0.3) is 0 Å². The fourth-order valence-corrected chi connectivity index (χ4v) is 0.731. The minimum atomic E-state index is -2.68. The molecule has 4 heteroatoms. The molecule has 0 saturated heterocycles. The van der Waals surface area contributed by atoms with E-state index in [0.29, 0.717) is 0 Å². The number of hydrogen-bond acceptors (Lipinski definition) is 1. The molecule has 0 spiro atoms. The Morgan fingerprint density at radius 1 is 1.45 bits per heavy atom. The van der Waals surface area contributed by atoms with Gasteiger partial charge in [0.1, 0.15) is 5.75 Å². The van der Waals surface area contributed by atoms with Gasteiger partial charge in [0.2, 0.25) is 0 Å². The topological polar surface area (TPSA) is 9.23 Å². The molecular formula is C7H4Cl2FO. The Kier molecular flexibility index (Phi) is 2.58. The molecule has 0 aliphatic rings. The van der Waals surface area contributed by atoms with Crippen molar-refractivity contribution in [3.05, 3.63) is 30.3 Å². The van der Waals surface area contributed by atoms with Gasteiger partial charge in [0.15, 0.2) is 0 Å². The Morgan fingerprint density at radius 3 is 2.64 bits per heavy atom. The highest BCUT2D eigenvalue weighted by molar-refractivity contribution is 6.46. The fourth-order valence-electron chi connectivity index (χ4n) is 0.565. The Balaban J connectivity index is 2.66. The lowest BCUT2D eigenvalue weighted by molar-refractivity contribution is 0.103. The van der Waals surface area contributed by atoms with Crippen LogP contribution in [0.3, 0.4) is 0 Å². The Morgan fingerprint density at radius 2 is 2.18 bits per heavy atom. The molecule has 0 heterocycles. The van der Waals surface area contributed by atoms with Crippen LogP contribution in [-0.2, 0) is 0 Å². The van der Waals surface area contributed by atoms with Crippen LogP contribution < -0.4 is 4.74 Å². The second-order valence-corrected chi connectivity index (χ2v) is 2.94. The number of halogens is 3. The number of alkyl halides is 3. The third-order valence-corrected chi connectivity index (χ3v) is 1.06. The summed E-state index contributed by atoms with van der Waals surface area (Å²) in [5.41, 5.74) is 0. The number of hydrogen-bond donors (Lipinski definition) is 0. The highest BCUT2D eigenvalue weighted by atomic mass is 35.5. The van der Waals surface area contributed by atoms with Crippen LogP contribution in [0, 0.1) is 6.07 Å². The maximum atomic E-state index is 12.4. The smallest absolute Gasteiger partial charge is 0.410 e. The summed E-state index contributed by atoms with van der Waals surface area (Å²) >= 11 is 9.85. The first-order valence-electron chi connectivity index (χ1n) is 2.80. The lowest BCUT2D eigenvalue weighted by Crippen LogP contribution is -2.13. The first kappa shape index (κ1) is 8.62. The SMILES string of the molecule is FC(Cl)(Cl)Oc1[c]cccc1. The van der Waals surface area contributed by atoms with Gasteiger partial charge in [-0.3, -0.25) is 0 Å². The molecule has 1 nitrogen and oxygen atoms in total. The molecule has 0 amide bonds. The first-order valence-corrected chi connectivity index (χ1v) is 3.56. The molecule has 0 N–H and O–H groups in total. The summed E-state index contributed by atoms with van der Waals surface area (Å²) in [4.78, 5) is 0. The second kappa shape index (κ2) is 3.28. The lowest BCUT2D eigenvalue weighted by Gasteiger charge is -2.10. The van der Waals surface area contributed by atoms with Crippen LogP contribution in [0.5, 0.6) is 5.75 Å². The number of para-hydroxylation sites is 1. The van der Waals surface area contributed by atoms with Gasteiger partial charge in [-0.25, -0.2) is 0 Å². The predicted molar refractivity (Wildman–Crippen MR) is 41.5 cm³/mol. The van der Waals surface area contributed by atoms with Crippen LogP contribution >= 0.6 is 23.2 Å². The zero-order valence-corrected chi connectivity index (χ0v) is 6.86. The molecule has 59 valence electrons. The third-order valence-electron chi connectivity index (χ3n) is 0.906. The van der Waals surface area contributed by atoms with E-state index in [1.165, 1.54) is 6.07 Å². The molecule has 0 aliphatic heterocycles. The molecule has 0 unspecified atom stereocenters. The van der Waals surface area contributed by atoms with Gasteiger partial charge in [0, 0.05) is 6.07 Å². The molecule has 1 rings (SSSR count). The van der Waals surface area contributed by atoms with Gasteiger partial charge < -0.3 is 4.74 Å². The number of benzene rings is 1. The van der Waals surface area contributed by atoms with Crippen molar-refractivity contribution in [1.82, 2.24) is 0 Å². The van der Waals surface area contributed by atoms with Crippen LogP contribution in [-0.4, -0.2) is 4.77 Å². The Bertz CT molecular complexity index is 220. The average Bonchev–Trinajstić information content (AvgIpc) is 1.85. The van der Waals surface area contributed by atoms with E-state index in [1.54, 1.807) is 18.2 Å². The van der Waals surface area contributed by atoms with Gasteiger partial charge in [0.25, 0.3) is 0 Å². The van der Waals surface area contributed by atoms with Crippen molar-refractivity contribution >= 4 is 23.2 Å². The summed E-state index contributed by atoms with van der Waals surface area (Å²) in [6, 6.07) is 9.03. The largest absolute Gasteiger partial charge is 0.433 e. The van der Waals surface area contributed by atoms with E-state index in [2.05, 4.69) is 10.8 Å². The summed E-state index contributed by atoms with van der Waals surface area (Å²) < 4.78 is 14.1. The molecule has 0 fully saturated rings. The van der Waals surface area contributed by atoms with Crippen molar-refractivity contribution in [2.45, 2.75) is 4.77 Å². The number of rotatable bonds is 2. The molecule has 0 atom stereocenters. The summed E-state index contributed by atoms with van der Waals surface area (Å²) in [7, 11) is 0. The van der Waals surface area contributed by atoms with Crippen molar-refractivity contribution in [2.75, 3.05) is 0 Å². The van der Waals surface area contributed by atoms with Crippen molar-refractivity contribution in [3.63, 3.8) is 0 Å². The maximum Gasteiger partial charge on any atom is 0.410 e. The van der Waals surface area contributed by atoms with E-state index >= 15 is 0 Å². The van der Waals surface area contributed by atoms with E-state index in [1.807, 2.05) is 0 Å². The predicted octanol–water partition coefficient (Wildman–Crippen LogP) is 2.92. The van der Waals surface area contributed by atoms with E-state index in [9.17, 15) is 4.39 Å². The second-order valence-electron chi connectivity index (χ2n) is 1.77. The molecule has 0 aliphatic carbocycles. The van der Waals surface area contributed by atoms with Crippen molar-refractivity contribution in [2.24, 2.45) is 0 Å². The maximum absolute atomic E-state index is 12.4. The van der Waals surface area contributed by atoms with Gasteiger partial charge in [0.05, 0.1) is 0 Å². The normalized spacial score (nSPS) is 11.2. The fraction of sp³-hybridized carbons (Fsp3) is 0.143. The molecule has 1 aromatic rings. The van der Waals surface area contributed by atoms with E-state index in [4.69, 9.17) is 23.2 Å². The molecule has 0 bridgehead atoms. The van der Waals surface area contributed by atoms with E-state index in [-0.39, 0.29) is 5.75 Å². The van der Waals surface area contributed by atoms with Crippen LogP contribution in [0.1, 0.15) is 0 Å². The minimum Gasteiger partial charge on any atom is -0.433 e. The third kappa shape index (κ3) is 3.44. The molecule has 0 aromatic heterocycles. The summed E-state index contributed by atoms with van der Waals surface area (Å²) in [6.07, 6.45) is 0. The van der Waals surface area contributed by atoms with Crippen molar-refractivity contribution < 1.29 is 9.13 Å². The van der Waals surface area contributed by atoms with Crippen LogP contribution in [0.15, 0.2) is 24.3 Å². The molecular weight excluding hydrogens is 190 g/mol. The summed E-state index contributed by atoms with van der Waals surface area (Å²) in [6.45, 7) is 0. The van der Waals surface area contributed by atoms with Gasteiger partial charge >= 0.3 is 4.77 Å². The van der Waals surface area contributed by atoms with Gasteiger partial charge in [-0.05, 0) is 29.3 Å². The molecule has 1 radical (unpaired) electrons. The molecule has 0 saturated carbocycles. The standard InChI is InChI=1S/C7H4Cl2FO/c8-7(9,10)11-6-4-2-1-3-5-6/h1-4H. The Hall–Kier alpha value is -0.470. The zero-order valence-electron chi connectivity index (χ0n) is 5.35. The first-order chi connectivity index (χ1) is 5.08. The molecule has 11 heavy (non-hydrogen) atoms. The van der Waals surface area contributed by atoms with Crippen LogP contribution in [0.4, 0.5) is 4.39 Å². The van der Waals surface area contributed by atoms with Crippen LogP contribution in [0.2, 0.25) is 0 Å². The van der Waals surface area contributed by atoms with Crippen molar-refractivity contribution in [1.29, 1.82) is 0 Å². The van der Waals surface area contributed by atoms with Gasteiger partial charge in [-0.1, -0.05) is 18.2 Å². The lowest BCUT2D eigenvalue weighted by atomic mass is 10.3. The summed E-state index contributed by atoms with van der Waals surface area (Å²) in [5, 5.41) is 0. The zero-order chi connectivity index (χ0) is 8.32. The van der Waals surface area contributed by atoms with E-state index < -0.39 is 4.77 Å². The summed E-state index contributed by atoms with van der Waals surface area (Å²) in [5.74, 6) is 0.167. The van der Waals surface area contributed by atoms with Crippen molar-refractivity contribution in [3.8, 4) is 5.75 Å².